The van der Waals surface area contributed by atoms with Crippen molar-refractivity contribution >= 4 is 11.9 Å². The van der Waals surface area contributed by atoms with Gasteiger partial charge in [-0.1, -0.05) is 20.8 Å². The van der Waals surface area contributed by atoms with Gasteiger partial charge in [0.1, 0.15) is 6.04 Å². The van der Waals surface area contributed by atoms with Crippen LogP contribution in [0.15, 0.2) is 0 Å². The molecule has 1 fully saturated rings. The van der Waals surface area contributed by atoms with E-state index in [0.717, 1.165) is 19.3 Å². The van der Waals surface area contributed by atoms with E-state index in [0.29, 0.717) is 19.6 Å². The Kier molecular flexibility index (Phi) is 6.95. The molecule has 2 atom stereocenters. The predicted octanol–water partition coefficient (Wildman–Crippen LogP) is 1.41. The summed E-state index contributed by atoms with van der Waals surface area (Å²) < 4.78 is 5.10. The highest BCUT2D eigenvalue weighted by molar-refractivity contribution is 5.87. The van der Waals surface area contributed by atoms with Gasteiger partial charge in [0.2, 0.25) is 5.91 Å². The number of carbonyl (C=O) groups is 2. The average Bonchev–Trinajstić information content (AvgIpc) is 2.59. The molecule has 6 nitrogen and oxygen atoms in total. The zero-order chi connectivity index (χ0) is 15.9. The van der Waals surface area contributed by atoms with Gasteiger partial charge in [0.15, 0.2) is 0 Å². The second-order valence-electron chi connectivity index (χ2n) is 6.66. The van der Waals surface area contributed by atoms with Crippen LogP contribution in [0, 0.1) is 5.41 Å². The molecule has 1 aliphatic rings. The van der Waals surface area contributed by atoms with E-state index in [4.69, 9.17) is 4.74 Å². The Morgan fingerprint density at radius 1 is 1.43 bits per heavy atom. The Bertz CT molecular complexity index is 353. The molecule has 1 rings (SSSR count). The molecule has 0 aromatic heterocycles. The molecule has 2 unspecified atom stereocenters. The number of urea groups is 1. The number of amides is 3. The molecule has 0 radical (unpaired) electrons. The van der Waals surface area contributed by atoms with Crippen LogP contribution in [0.1, 0.15) is 46.5 Å². The van der Waals surface area contributed by atoms with Crippen LogP contribution >= 0.6 is 0 Å². The molecule has 0 saturated carbocycles. The summed E-state index contributed by atoms with van der Waals surface area (Å²) in [5, 5.41) is 8.57. The molecule has 21 heavy (non-hydrogen) atoms. The van der Waals surface area contributed by atoms with Gasteiger partial charge in [-0.3, -0.25) is 4.79 Å². The summed E-state index contributed by atoms with van der Waals surface area (Å²) in [6, 6.07) is -0.727. The Balaban J connectivity index is 2.54. The number of rotatable bonds is 5. The van der Waals surface area contributed by atoms with Crippen LogP contribution in [0.2, 0.25) is 0 Å². The maximum Gasteiger partial charge on any atom is 0.315 e. The number of carbonyl (C=O) groups excluding carboxylic acids is 2. The minimum Gasteiger partial charge on any atom is -0.385 e. The Labute approximate surface area is 127 Å². The van der Waals surface area contributed by atoms with Crippen molar-refractivity contribution in [2.45, 2.75) is 58.5 Å². The second kappa shape index (κ2) is 8.22. The van der Waals surface area contributed by atoms with Gasteiger partial charge < -0.3 is 20.7 Å². The monoisotopic (exact) mass is 299 g/mol. The van der Waals surface area contributed by atoms with Crippen molar-refractivity contribution in [3.8, 4) is 0 Å². The molecular weight excluding hydrogens is 270 g/mol. The number of methoxy groups -OCH3 is 1. The summed E-state index contributed by atoms with van der Waals surface area (Å²) in [5.41, 5.74) is -0.0679. The van der Waals surface area contributed by atoms with Gasteiger partial charge in [-0.15, -0.1) is 0 Å². The lowest BCUT2D eigenvalue weighted by molar-refractivity contribution is -0.122. The van der Waals surface area contributed by atoms with Gasteiger partial charge in [0.05, 0.1) is 0 Å². The minimum absolute atomic E-state index is 0.00807. The van der Waals surface area contributed by atoms with Crippen molar-refractivity contribution in [1.29, 1.82) is 0 Å². The quantitative estimate of drug-likeness (QED) is 0.718. The molecule has 1 aliphatic heterocycles. The van der Waals surface area contributed by atoms with E-state index in [2.05, 4.69) is 36.7 Å². The Morgan fingerprint density at radius 3 is 2.76 bits per heavy atom. The van der Waals surface area contributed by atoms with Crippen LogP contribution < -0.4 is 16.0 Å². The maximum absolute atomic E-state index is 12.1. The van der Waals surface area contributed by atoms with Crippen LogP contribution in [-0.2, 0) is 9.53 Å². The third-order valence-electron chi connectivity index (χ3n) is 3.80. The molecule has 122 valence electrons. The van der Waals surface area contributed by atoms with Gasteiger partial charge in [0, 0.05) is 26.3 Å². The summed E-state index contributed by atoms with van der Waals surface area (Å²) in [7, 11) is 1.65. The third-order valence-corrected chi connectivity index (χ3v) is 3.80. The van der Waals surface area contributed by atoms with Gasteiger partial charge in [0.25, 0.3) is 0 Å². The van der Waals surface area contributed by atoms with Gasteiger partial charge in [-0.25, -0.2) is 4.79 Å². The van der Waals surface area contributed by atoms with E-state index in [1.54, 1.807) is 7.11 Å². The maximum atomic E-state index is 12.1. The number of nitrogens with one attached hydrogen (secondary N) is 3. The summed E-state index contributed by atoms with van der Waals surface area (Å²) in [4.78, 5) is 24.0. The van der Waals surface area contributed by atoms with Gasteiger partial charge >= 0.3 is 6.03 Å². The first kappa shape index (κ1) is 17.8. The zero-order valence-electron chi connectivity index (χ0n) is 13.6. The first-order chi connectivity index (χ1) is 9.84. The molecule has 0 spiro atoms. The lowest BCUT2D eigenvalue weighted by Gasteiger charge is -2.32. The standard InChI is InChI=1S/C15H29N3O3/c1-15(2,3)12(8-10-21-4)18-14(20)17-11-7-5-6-9-16-13(11)19/h11-12H,5-10H2,1-4H3,(H,16,19)(H2,17,18,20). The Hall–Kier alpha value is -1.30. The first-order valence-corrected chi connectivity index (χ1v) is 7.68. The topological polar surface area (TPSA) is 79.5 Å². The zero-order valence-corrected chi connectivity index (χ0v) is 13.6. The summed E-state index contributed by atoms with van der Waals surface area (Å²) >= 11 is 0. The largest absolute Gasteiger partial charge is 0.385 e. The fourth-order valence-corrected chi connectivity index (χ4v) is 2.39. The molecule has 0 aromatic carbocycles. The van der Waals surface area contributed by atoms with E-state index in [1.165, 1.54) is 0 Å². The lowest BCUT2D eigenvalue weighted by Crippen LogP contribution is -2.53. The highest BCUT2D eigenvalue weighted by Gasteiger charge is 2.28. The van der Waals surface area contributed by atoms with Crippen LogP contribution in [0.4, 0.5) is 4.79 Å². The van der Waals surface area contributed by atoms with Crippen molar-refractivity contribution < 1.29 is 14.3 Å². The van der Waals surface area contributed by atoms with Crippen molar-refractivity contribution in [2.24, 2.45) is 5.41 Å². The Morgan fingerprint density at radius 2 is 2.14 bits per heavy atom. The SMILES string of the molecule is COCCC(NC(=O)NC1CCCCNC1=O)C(C)(C)C. The van der Waals surface area contributed by atoms with E-state index in [9.17, 15) is 9.59 Å². The van der Waals surface area contributed by atoms with Gasteiger partial charge in [-0.2, -0.15) is 0 Å². The molecule has 1 heterocycles. The number of hydrogen-bond donors (Lipinski definition) is 3. The summed E-state index contributed by atoms with van der Waals surface area (Å²) in [6.45, 7) is 7.51. The molecule has 0 bridgehead atoms. The highest BCUT2D eigenvalue weighted by Crippen LogP contribution is 2.21. The van der Waals surface area contributed by atoms with Gasteiger partial charge in [-0.05, 0) is 31.1 Å². The number of hydrogen-bond acceptors (Lipinski definition) is 3. The van der Waals surface area contributed by atoms with Crippen molar-refractivity contribution in [1.82, 2.24) is 16.0 Å². The molecule has 3 amide bonds. The third kappa shape index (κ3) is 6.33. The molecule has 3 N–H and O–H groups in total. The first-order valence-electron chi connectivity index (χ1n) is 7.68. The molecule has 1 saturated heterocycles. The van der Waals surface area contributed by atoms with E-state index < -0.39 is 6.04 Å². The van der Waals surface area contributed by atoms with Crippen LogP contribution in [0.25, 0.3) is 0 Å². The molecule has 6 heteroatoms. The van der Waals surface area contributed by atoms with Crippen molar-refractivity contribution in [3.63, 3.8) is 0 Å². The summed E-state index contributed by atoms with van der Waals surface area (Å²) in [6.07, 6.45) is 3.34. The van der Waals surface area contributed by atoms with Crippen molar-refractivity contribution in [3.05, 3.63) is 0 Å². The normalized spacial score (nSPS) is 21.1. The fourth-order valence-electron chi connectivity index (χ4n) is 2.39. The van der Waals surface area contributed by atoms with Crippen LogP contribution in [0.5, 0.6) is 0 Å². The van der Waals surface area contributed by atoms with Crippen molar-refractivity contribution in [2.75, 3.05) is 20.3 Å². The van der Waals surface area contributed by atoms with Crippen LogP contribution in [0.3, 0.4) is 0 Å². The average molecular weight is 299 g/mol. The predicted molar refractivity (Wildman–Crippen MR) is 82.1 cm³/mol. The molecule has 0 aliphatic carbocycles. The smallest absolute Gasteiger partial charge is 0.315 e. The highest BCUT2D eigenvalue weighted by atomic mass is 16.5. The minimum atomic E-state index is -0.435. The van der Waals surface area contributed by atoms with E-state index in [-0.39, 0.29) is 23.4 Å². The lowest BCUT2D eigenvalue weighted by atomic mass is 9.85. The van der Waals surface area contributed by atoms with E-state index >= 15 is 0 Å². The van der Waals surface area contributed by atoms with E-state index in [1.807, 2.05) is 0 Å². The fraction of sp³-hybridized carbons (Fsp3) is 0.867. The summed E-state index contributed by atoms with van der Waals surface area (Å²) in [5.74, 6) is -0.0909. The molecular formula is C15H29N3O3. The molecule has 0 aromatic rings. The second-order valence-corrected chi connectivity index (χ2v) is 6.66. The van der Waals surface area contributed by atoms with Crippen LogP contribution in [-0.4, -0.2) is 44.3 Å². The number of ether oxygens (including phenoxy) is 1.